The molecule has 0 spiro atoms. The lowest BCUT2D eigenvalue weighted by Gasteiger charge is -2.20. The summed E-state index contributed by atoms with van der Waals surface area (Å²) in [6.07, 6.45) is 2.65. The van der Waals surface area contributed by atoms with Crippen molar-refractivity contribution in [2.45, 2.75) is 45.6 Å². The van der Waals surface area contributed by atoms with Crippen LogP contribution in [-0.2, 0) is 14.8 Å². The average Bonchev–Trinajstić information content (AvgIpc) is 3.24. The fraction of sp³-hybridized carbons (Fsp3) is 0.233. The van der Waals surface area contributed by atoms with E-state index in [9.17, 15) is 23.3 Å². The van der Waals surface area contributed by atoms with Crippen LogP contribution < -0.4 is 14.9 Å². The van der Waals surface area contributed by atoms with Gasteiger partial charge >= 0.3 is 0 Å². The van der Waals surface area contributed by atoms with Gasteiger partial charge in [-0.2, -0.15) is 9.82 Å². The average molecular weight is 605 g/mol. The molecule has 2 aromatic carbocycles. The molecule has 0 aliphatic heterocycles. The second-order valence-electron chi connectivity index (χ2n) is 10.3. The van der Waals surface area contributed by atoms with E-state index in [1.165, 1.54) is 30.5 Å². The van der Waals surface area contributed by atoms with Gasteiger partial charge in [-0.05, 0) is 69.2 Å². The van der Waals surface area contributed by atoms with Gasteiger partial charge in [0.25, 0.3) is 11.6 Å². The number of rotatable bonds is 11. The zero-order valence-electron chi connectivity index (χ0n) is 24.3. The Morgan fingerprint density at radius 1 is 1.05 bits per heavy atom. The second kappa shape index (κ2) is 13.0. The van der Waals surface area contributed by atoms with Crippen LogP contribution in [-0.4, -0.2) is 41.1 Å². The first-order valence-electron chi connectivity index (χ1n) is 13.4. The molecular formula is C30H32N6O6S. The second-order valence-corrected chi connectivity index (χ2v) is 12.0. The van der Waals surface area contributed by atoms with Crippen LogP contribution in [0.3, 0.4) is 0 Å². The molecule has 2 aromatic heterocycles. The fourth-order valence-electron chi connectivity index (χ4n) is 4.32. The molecule has 0 aliphatic carbocycles. The Hall–Kier alpha value is -4.88. The minimum Gasteiger partial charge on any atom is -0.439 e. The van der Waals surface area contributed by atoms with E-state index in [1.807, 2.05) is 43.5 Å². The van der Waals surface area contributed by atoms with Gasteiger partial charge in [0.1, 0.15) is 18.0 Å². The molecule has 1 atom stereocenters. The third-order valence-electron chi connectivity index (χ3n) is 6.66. The summed E-state index contributed by atoms with van der Waals surface area (Å²) < 4.78 is 35.9. The van der Waals surface area contributed by atoms with Crippen LogP contribution in [0.25, 0.3) is 5.69 Å². The van der Waals surface area contributed by atoms with Crippen LogP contribution in [0, 0.1) is 36.8 Å². The molecule has 0 fully saturated rings. The van der Waals surface area contributed by atoms with Crippen molar-refractivity contribution in [1.29, 1.82) is 0 Å². The number of sulfonamides is 1. The molecule has 0 aliphatic rings. The van der Waals surface area contributed by atoms with Gasteiger partial charge in [-0.3, -0.25) is 14.9 Å². The van der Waals surface area contributed by atoms with E-state index >= 15 is 0 Å². The van der Waals surface area contributed by atoms with Crippen LogP contribution in [0.1, 0.15) is 36.4 Å². The standard InChI is InChI=1S/C30H32N6O6S/c1-19(2)29(34-43(40,41)27-13-6-20(3)7-14-27)30(37)33-32-17-23-16-21(4)35(22(23)5)24-8-11-26(12-9-24)42-28-15-10-25(18-31-28)36(38)39/h6-19,29,34H,1-5H3,(H,33,37)/b32-17-/t29-/m1/s1. The first-order valence-corrected chi connectivity index (χ1v) is 14.8. The molecule has 2 N–H and O–H groups in total. The monoisotopic (exact) mass is 604 g/mol. The number of nitrogens with one attached hydrogen (secondary N) is 2. The van der Waals surface area contributed by atoms with Crippen molar-refractivity contribution in [3.63, 3.8) is 0 Å². The summed E-state index contributed by atoms with van der Waals surface area (Å²) in [7, 11) is -3.91. The van der Waals surface area contributed by atoms with E-state index in [4.69, 9.17) is 4.74 Å². The van der Waals surface area contributed by atoms with Crippen LogP contribution in [0.4, 0.5) is 5.69 Å². The summed E-state index contributed by atoms with van der Waals surface area (Å²) in [5.41, 5.74) is 6.66. The van der Waals surface area contributed by atoms with Gasteiger partial charge in [0, 0.05) is 34.8 Å². The Labute approximate surface area is 249 Å². The van der Waals surface area contributed by atoms with Crippen molar-refractivity contribution in [3.05, 3.63) is 106 Å². The SMILES string of the molecule is Cc1ccc(S(=O)(=O)N[C@@H](C(=O)N/N=C\c2cc(C)n(-c3ccc(Oc4ccc([N+](=O)[O-])cn4)cc3)c2C)C(C)C)cc1. The first kappa shape index (κ1) is 31.1. The topological polar surface area (TPSA) is 158 Å². The van der Waals surface area contributed by atoms with Gasteiger partial charge in [0.05, 0.1) is 16.0 Å². The number of amides is 1. The third-order valence-corrected chi connectivity index (χ3v) is 8.12. The Kier molecular flexibility index (Phi) is 9.37. The van der Waals surface area contributed by atoms with Gasteiger partial charge in [0.15, 0.2) is 0 Å². The van der Waals surface area contributed by atoms with E-state index < -0.39 is 26.9 Å². The van der Waals surface area contributed by atoms with E-state index in [-0.39, 0.29) is 22.4 Å². The number of hydrogen-bond donors (Lipinski definition) is 2. The molecule has 0 bridgehead atoms. The van der Waals surface area contributed by atoms with Crippen LogP contribution in [0.2, 0.25) is 0 Å². The van der Waals surface area contributed by atoms with Crippen molar-refractivity contribution in [2.24, 2.45) is 11.0 Å². The van der Waals surface area contributed by atoms with Crippen molar-refractivity contribution in [3.8, 4) is 17.3 Å². The highest BCUT2D eigenvalue weighted by molar-refractivity contribution is 7.89. The predicted molar refractivity (Wildman–Crippen MR) is 162 cm³/mol. The summed E-state index contributed by atoms with van der Waals surface area (Å²) in [4.78, 5) is 27.2. The van der Waals surface area contributed by atoms with Crippen LogP contribution in [0.5, 0.6) is 11.6 Å². The lowest BCUT2D eigenvalue weighted by atomic mass is 10.1. The Morgan fingerprint density at radius 2 is 1.72 bits per heavy atom. The van der Waals surface area contributed by atoms with Crippen molar-refractivity contribution in [1.82, 2.24) is 19.7 Å². The highest BCUT2D eigenvalue weighted by Gasteiger charge is 2.28. The lowest BCUT2D eigenvalue weighted by molar-refractivity contribution is -0.385. The number of benzene rings is 2. The van der Waals surface area contributed by atoms with Crippen LogP contribution in [0.15, 0.2) is 82.9 Å². The number of aromatic nitrogens is 2. The number of carbonyl (C=O) groups is 1. The highest BCUT2D eigenvalue weighted by Crippen LogP contribution is 2.25. The summed E-state index contributed by atoms with van der Waals surface area (Å²) in [5, 5.41) is 14.9. The number of carbonyl (C=O) groups excluding carboxylic acids is 1. The largest absolute Gasteiger partial charge is 0.439 e. The maximum absolute atomic E-state index is 12.9. The maximum Gasteiger partial charge on any atom is 0.287 e. The van der Waals surface area contributed by atoms with Gasteiger partial charge in [0.2, 0.25) is 15.9 Å². The van der Waals surface area contributed by atoms with Gasteiger partial charge < -0.3 is 9.30 Å². The fourth-order valence-corrected chi connectivity index (χ4v) is 5.66. The molecule has 2 heterocycles. The molecule has 4 aromatic rings. The molecule has 224 valence electrons. The predicted octanol–water partition coefficient (Wildman–Crippen LogP) is 4.95. The van der Waals surface area contributed by atoms with E-state index in [0.29, 0.717) is 5.75 Å². The number of hydrazone groups is 1. The summed E-state index contributed by atoms with van der Waals surface area (Å²) in [6.45, 7) is 9.20. The molecule has 13 heteroatoms. The number of nitrogens with zero attached hydrogens (tertiary/aromatic N) is 4. The van der Waals surface area contributed by atoms with Crippen molar-refractivity contribution in [2.75, 3.05) is 0 Å². The summed E-state index contributed by atoms with van der Waals surface area (Å²) in [5.74, 6) is -0.165. The summed E-state index contributed by atoms with van der Waals surface area (Å²) >= 11 is 0. The van der Waals surface area contributed by atoms with Gasteiger partial charge in [-0.1, -0.05) is 31.5 Å². The van der Waals surface area contributed by atoms with Gasteiger partial charge in [-0.15, -0.1) is 0 Å². The molecule has 0 radical (unpaired) electrons. The Balaban J connectivity index is 1.43. The minimum atomic E-state index is -3.91. The smallest absolute Gasteiger partial charge is 0.287 e. The third kappa shape index (κ3) is 7.50. The quantitative estimate of drug-likeness (QED) is 0.139. The molecule has 0 saturated heterocycles. The number of hydrogen-bond acceptors (Lipinski definition) is 8. The normalized spacial score (nSPS) is 12.4. The van der Waals surface area contributed by atoms with E-state index in [2.05, 4.69) is 20.2 Å². The number of ether oxygens (including phenoxy) is 1. The number of aryl methyl sites for hydroxylation is 2. The molecule has 43 heavy (non-hydrogen) atoms. The molecule has 12 nitrogen and oxygen atoms in total. The van der Waals surface area contributed by atoms with Crippen molar-refractivity contribution >= 4 is 27.8 Å². The molecule has 4 rings (SSSR count). The lowest BCUT2D eigenvalue weighted by Crippen LogP contribution is -2.48. The minimum absolute atomic E-state index is 0.0788. The van der Waals surface area contributed by atoms with Crippen LogP contribution >= 0.6 is 0 Å². The van der Waals surface area contributed by atoms with Crippen molar-refractivity contribution < 1.29 is 22.9 Å². The highest BCUT2D eigenvalue weighted by atomic mass is 32.2. The van der Waals surface area contributed by atoms with Gasteiger partial charge in [-0.25, -0.2) is 18.8 Å². The van der Waals surface area contributed by atoms with E-state index in [0.717, 1.165) is 34.4 Å². The Bertz CT molecular complexity index is 1750. The van der Waals surface area contributed by atoms with E-state index in [1.54, 1.807) is 38.1 Å². The maximum atomic E-state index is 12.9. The zero-order valence-corrected chi connectivity index (χ0v) is 25.1. The number of pyridine rings is 1. The first-order chi connectivity index (χ1) is 20.4. The zero-order chi connectivity index (χ0) is 31.3. The molecule has 1 amide bonds. The summed E-state index contributed by atoms with van der Waals surface area (Å²) in [6, 6.07) is 17.3. The number of nitro groups is 1. The molecule has 0 saturated carbocycles. The Morgan fingerprint density at radius 3 is 2.30 bits per heavy atom. The molecule has 0 unspecified atom stereocenters. The molecular weight excluding hydrogens is 572 g/mol.